The van der Waals surface area contributed by atoms with E-state index in [9.17, 15) is 0 Å². The molecule has 0 bridgehead atoms. The van der Waals surface area contributed by atoms with Crippen LogP contribution in [0, 0.1) is 0 Å². The Morgan fingerprint density at radius 1 is 0.500 bits per heavy atom. The molecule has 6 aromatic carbocycles. The number of para-hydroxylation sites is 2. The predicted octanol–water partition coefficient (Wildman–Crippen LogP) is 13.7. The lowest BCUT2D eigenvalue weighted by Gasteiger charge is -2.29. The van der Waals surface area contributed by atoms with E-state index < -0.39 is 0 Å². The van der Waals surface area contributed by atoms with Gasteiger partial charge in [-0.3, -0.25) is 0 Å². The van der Waals surface area contributed by atoms with Crippen LogP contribution in [0.5, 0.6) is 0 Å². The lowest BCUT2D eigenvalue weighted by molar-refractivity contribution is 0.442. The number of hydrogen-bond acceptors (Lipinski definition) is 2. The number of hydrogen-bond donors (Lipinski definition) is 0. The third-order valence-electron chi connectivity index (χ3n) is 12.5. The summed E-state index contributed by atoms with van der Waals surface area (Å²) < 4.78 is 7.12. The molecule has 10 rings (SSSR count). The van der Waals surface area contributed by atoms with Crippen LogP contribution in [-0.2, 0) is 10.8 Å². The van der Waals surface area contributed by atoms with Crippen LogP contribution in [0.4, 0.5) is 17.1 Å². The molecule has 0 amide bonds. The normalized spacial score (nSPS) is 17.0. The molecule has 0 aliphatic heterocycles. The summed E-state index contributed by atoms with van der Waals surface area (Å²) in [4.78, 5) is 2.46. The van der Waals surface area contributed by atoms with Crippen LogP contribution in [0.15, 0.2) is 126 Å². The van der Waals surface area contributed by atoms with E-state index in [0.717, 1.165) is 28.2 Å². The summed E-state index contributed by atoms with van der Waals surface area (Å²) in [5.41, 5.74) is 17.5. The van der Waals surface area contributed by atoms with Gasteiger partial charge in [0.05, 0.1) is 5.69 Å². The van der Waals surface area contributed by atoms with Gasteiger partial charge < -0.3 is 9.32 Å². The van der Waals surface area contributed by atoms with Crippen molar-refractivity contribution in [2.24, 2.45) is 0 Å². The van der Waals surface area contributed by atoms with Gasteiger partial charge in [-0.15, -0.1) is 0 Å². The summed E-state index contributed by atoms with van der Waals surface area (Å²) in [7, 11) is 0. The zero-order chi connectivity index (χ0) is 33.8. The monoisotopic (exact) mass is 649 g/mol. The molecule has 3 aliphatic carbocycles. The highest BCUT2D eigenvalue weighted by Gasteiger charge is 2.38. The third kappa shape index (κ3) is 4.14. The zero-order valence-corrected chi connectivity index (χ0v) is 29.5. The molecule has 246 valence electrons. The first-order valence-corrected chi connectivity index (χ1v) is 18.6. The average molecular weight is 650 g/mol. The van der Waals surface area contributed by atoms with E-state index in [1.165, 1.54) is 92.9 Å². The first-order chi connectivity index (χ1) is 24.3. The van der Waals surface area contributed by atoms with Gasteiger partial charge in [0.1, 0.15) is 5.58 Å². The first kappa shape index (κ1) is 29.8. The second-order valence-electron chi connectivity index (χ2n) is 16.0. The molecule has 1 fully saturated rings. The molecule has 0 spiro atoms. The summed E-state index contributed by atoms with van der Waals surface area (Å²) >= 11 is 0. The maximum atomic E-state index is 7.12. The molecule has 1 aromatic heterocycles. The van der Waals surface area contributed by atoms with Crippen molar-refractivity contribution in [2.75, 3.05) is 4.90 Å². The van der Waals surface area contributed by atoms with Crippen LogP contribution in [0.2, 0.25) is 0 Å². The van der Waals surface area contributed by atoms with E-state index in [-0.39, 0.29) is 10.8 Å². The second kappa shape index (κ2) is 10.7. The van der Waals surface area contributed by atoms with Crippen LogP contribution in [-0.4, -0.2) is 0 Å². The SMILES string of the molecule is CC1(C)c2ccccc2-c2ccc(N(c3ccc4c(c3)C(C)(C)c3ccccc3-4)c3cccc4c3oc3c(C5CCCCC5)cccc34)cc21. The number of fused-ring (bicyclic) bond motifs is 9. The molecule has 2 heteroatoms. The Kier molecular flexibility index (Phi) is 6.38. The van der Waals surface area contributed by atoms with Gasteiger partial charge in [0.2, 0.25) is 0 Å². The minimum absolute atomic E-state index is 0.102. The van der Waals surface area contributed by atoms with Crippen molar-refractivity contribution in [1.82, 2.24) is 0 Å². The Morgan fingerprint density at radius 3 is 1.62 bits per heavy atom. The summed E-state index contributed by atoms with van der Waals surface area (Å²) in [6.45, 7) is 9.47. The number of rotatable bonds is 4. The van der Waals surface area contributed by atoms with E-state index in [1.54, 1.807) is 0 Å². The summed E-state index contributed by atoms with van der Waals surface area (Å²) in [6, 6.07) is 45.6. The number of benzene rings is 6. The Bertz CT molecular complexity index is 2380. The number of furan rings is 1. The molecule has 0 saturated heterocycles. The van der Waals surface area contributed by atoms with Crippen LogP contribution in [0.3, 0.4) is 0 Å². The van der Waals surface area contributed by atoms with Gasteiger partial charge in [0, 0.05) is 33.0 Å². The lowest BCUT2D eigenvalue weighted by Crippen LogP contribution is -2.18. The standard InChI is InChI=1S/C48H43NO/c1-47(2)40-21-10-8-16-34(40)36-26-24-31(28-42(36)47)49(32-25-27-37-35-17-9-11-22-41(35)48(3,4)43(37)29-32)44-23-13-20-39-38-19-12-18-33(45(38)50-46(39)44)30-14-6-5-7-15-30/h8-13,16-30H,5-7,14-15H2,1-4H3. The Balaban J connectivity index is 1.21. The second-order valence-corrected chi connectivity index (χ2v) is 16.0. The highest BCUT2D eigenvalue weighted by atomic mass is 16.3. The molecule has 1 heterocycles. The van der Waals surface area contributed by atoms with E-state index >= 15 is 0 Å². The maximum Gasteiger partial charge on any atom is 0.159 e. The van der Waals surface area contributed by atoms with Crippen LogP contribution < -0.4 is 4.90 Å². The molecule has 2 nitrogen and oxygen atoms in total. The fourth-order valence-electron chi connectivity index (χ4n) is 9.83. The van der Waals surface area contributed by atoms with Crippen LogP contribution >= 0.6 is 0 Å². The van der Waals surface area contributed by atoms with E-state index in [0.29, 0.717) is 5.92 Å². The minimum atomic E-state index is -0.102. The topological polar surface area (TPSA) is 16.4 Å². The maximum absolute atomic E-state index is 7.12. The van der Waals surface area contributed by atoms with Gasteiger partial charge in [0.25, 0.3) is 0 Å². The van der Waals surface area contributed by atoms with Crippen LogP contribution in [0.1, 0.15) is 93.5 Å². The quantitative estimate of drug-likeness (QED) is 0.189. The lowest BCUT2D eigenvalue weighted by atomic mass is 9.82. The van der Waals surface area contributed by atoms with Gasteiger partial charge in [-0.1, -0.05) is 138 Å². The molecule has 50 heavy (non-hydrogen) atoms. The van der Waals surface area contributed by atoms with Gasteiger partial charge in [0.15, 0.2) is 5.58 Å². The van der Waals surface area contributed by atoms with Crippen molar-refractivity contribution in [3.63, 3.8) is 0 Å². The summed E-state index contributed by atoms with van der Waals surface area (Å²) in [5.74, 6) is 0.564. The highest BCUT2D eigenvalue weighted by molar-refractivity contribution is 6.11. The molecular weight excluding hydrogens is 607 g/mol. The largest absolute Gasteiger partial charge is 0.454 e. The molecule has 1 saturated carbocycles. The molecule has 0 N–H and O–H groups in total. The van der Waals surface area contributed by atoms with E-state index in [1.807, 2.05) is 0 Å². The fourth-order valence-corrected chi connectivity index (χ4v) is 9.83. The molecule has 0 unspecified atom stereocenters. The fraction of sp³-hybridized carbons (Fsp3) is 0.250. The molecule has 0 radical (unpaired) electrons. The minimum Gasteiger partial charge on any atom is -0.454 e. The molecule has 3 aliphatic rings. The highest BCUT2D eigenvalue weighted by Crippen LogP contribution is 2.54. The Labute approximate surface area is 295 Å². The first-order valence-electron chi connectivity index (χ1n) is 18.6. The van der Waals surface area contributed by atoms with Gasteiger partial charge in [-0.25, -0.2) is 0 Å². The zero-order valence-electron chi connectivity index (χ0n) is 29.5. The van der Waals surface area contributed by atoms with Gasteiger partial charge in [-0.2, -0.15) is 0 Å². The Hall–Kier alpha value is -5.08. The van der Waals surface area contributed by atoms with E-state index in [2.05, 4.69) is 154 Å². The Morgan fingerprint density at radius 2 is 1.02 bits per heavy atom. The average Bonchev–Trinajstić information content (AvgIpc) is 3.73. The van der Waals surface area contributed by atoms with Crippen molar-refractivity contribution >= 4 is 39.0 Å². The summed E-state index contributed by atoms with van der Waals surface area (Å²) in [5, 5.41) is 2.41. The summed E-state index contributed by atoms with van der Waals surface area (Å²) in [6.07, 6.45) is 6.44. The van der Waals surface area contributed by atoms with E-state index in [4.69, 9.17) is 4.42 Å². The third-order valence-corrected chi connectivity index (χ3v) is 12.5. The van der Waals surface area contributed by atoms with Crippen molar-refractivity contribution in [2.45, 2.75) is 76.5 Å². The molecule has 0 atom stereocenters. The number of nitrogens with zero attached hydrogens (tertiary/aromatic N) is 1. The van der Waals surface area contributed by atoms with Crippen molar-refractivity contribution < 1.29 is 4.42 Å². The molecular formula is C48H43NO. The van der Waals surface area contributed by atoms with Crippen molar-refractivity contribution in [1.29, 1.82) is 0 Å². The molecule has 7 aromatic rings. The number of anilines is 3. The smallest absolute Gasteiger partial charge is 0.159 e. The predicted molar refractivity (Wildman–Crippen MR) is 209 cm³/mol. The van der Waals surface area contributed by atoms with Crippen molar-refractivity contribution in [3.05, 3.63) is 149 Å². The van der Waals surface area contributed by atoms with Crippen molar-refractivity contribution in [3.8, 4) is 22.3 Å². The van der Waals surface area contributed by atoms with Crippen LogP contribution in [0.25, 0.3) is 44.2 Å². The van der Waals surface area contributed by atoms with Gasteiger partial charge >= 0.3 is 0 Å². The van der Waals surface area contributed by atoms with Gasteiger partial charge in [-0.05, 0) is 99.2 Å².